The minimum Gasteiger partial charge on any atom is -0.481 e. The molecule has 0 aliphatic rings. The van der Waals surface area contributed by atoms with Crippen molar-refractivity contribution in [2.45, 2.75) is 26.3 Å². The first kappa shape index (κ1) is 15.9. The van der Waals surface area contributed by atoms with Gasteiger partial charge in [0, 0.05) is 19.5 Å². The average molecular weight is 282 g/mol. The number of hydrogen-bond donors (Lipinski definition) is 3. The SMILES string of the molecule is CCC(CNC(=O)NCc1ccc(F)cc1)CC(=O)O. The zero-order chi connectivity index (χ0) is 15.0. The summed E-state index contributed by atoms with van der Waals surface area (Å²) in [4.78, 5) is 22.1. The standard InChI is InChI=1S/C14H19FN2O3/c1-2-10(7-13(18)19)8-16-14(20)17-9-11-3-5-12(15)6-4-11/h3-6,10H,2,7-9H2,1H3,(H,18,19)(H2,16,17,20). The van der Waals surface area contributed by atoms with Crippen LogP contribution in [0.1, 0.15) is 25.3 Å². The lowest BCUT2D eigenvalue weighted by molar-refractivity contribution is -0.138. The van der Waals surface area contributed by atoms with E-state index in [-0.39, 0.29) is 24.2 Å². The highest BCUT2D eigenvalue weighted by Gasteiger charge is 2.12. The van der Waals surface area contributed by atoms with Gasteiger partial charge in [0.2, 0.25) is 0 Å². The van der Waals surface area contributed by atoms with Crippen LogP contribution in [0.25, 0.3) is 0 Å². The van der Waals surface area contributed by atoms with E-state index in [1.165, 1.54) is 12.1 Å². The van der Waals surface area contributed by atoms with E-state index in [1.807, 2.05) is 6.92 Å². The number of carboxylic acids is 1. The number of rotatable bonds is 7. The highest BCUT2D eigenvalue weighted by Crippen LogP contribution is 2.06. The molecule has 0 saturated carbocycles. The first-order valence-electron chi connectivity index (χ1n) is 6.49. The largest absolute Gasteiger partial charge is 0.481 e. The molecule has 1 rings (SSSR count). The fourth-order valence-corrected chi connectivity index (χ4v) is 1.69. The lowest BCUT2D eigenvalue weighted by Gasteiger charge is -2.14. The summed E-state index contributed by atoms with van der Waals surface area (Å²) in [5.74, 6) is -1.27. The molecule has 1 atom stereocenters. The Kier molecular flexibility index (Phi) is 6.49. The lowest BCUT2D eigenvalue weighted by Crippen LogP contribution is -2.38. The zero-order valence-electron chi connectivity index (χ0n) is 11.4. The fourth-order valence-electron chi connectivity index (χ4n) is 1.69. The number of aliphatic carboxylic acids is 1. The Hall–Kier alpha value is -2.11. The van der Waals surface area contributed by atoms with E-state index >= 15 is 0 Å². The molecule has 0 aromatic heterocycles. The van der Waals surface area contributed by atoms with Gasteiger partial charge in [-0.2, -0.15) is 0 Å². The van der Waals surface area contributed by atoms with Crippen molar-refractivity contribution in [2.75, 3.05) is 6.54 Å². The summed E-state index contributed by atoms with van der Waals surface area (Å²) in [6, 6.07) is 5.48. The molecule has 0 aliphatic heterocycles. The van der Waals surface area contributed by atoms with Gasteiger partial charge >= 0.3 is 12.0 Å². The molecule has 1 aromatic rings. The maximum absolute atomic E-state index is 12.7. The van der Waals surface area contributed by atoms with Crippen molar-refractivity contribution in [2.24, 2.45) is 5.92 Å². The van der Waals surface area contributed by atoms with Gasteiger partial charge in [0.25, 0.3) is 0 Å². The van der Waals surface area contributed by atoms with E-state index in [0.717, 1.165) is 5.56 Å². The van der Waals surface area contributed by atoms with E-state index in [9.17, 15) is 14.0 Å². The number of carbonyl (C=O) groups is 2. The van der Waals surface area contributed by atoms with Gasteiger partial charge in [0.05, 0.1) is 0 Å². The first-order valence-corrected chi connectivity index (χ1v) is 6.49. The average Bonchev–Trinajstić information content (AvgIpc) is 2.42. The van der Waals surface area contributed by atoms with Gasteiger partial charge in [0.15, 0.2) is 0 Å². The molecule has 0 fully saturated rings. The molecule has 0 saturated heterocycles. The second-order valence-electron chi connectivity index (χ2n) is 4.56. The maximum Gasteiger partial charge on any atom is 0.315 e. The minimum absolute atomic E-state index is 0.0365. The van der Waals surface area contributed by atoms with Crippen LogP contribution in [0.15, 0.2) is 24.3 Å². The highest BCUT2D eigenvalue weighted by atomic mass is 19.1. The summed E-state index contributed by atoms with van der Waals surface area (Å²) in [7, 11) is 0. The molecule has 110 valence electrons. The van der Waals surface area contributed by atoms with E-state index in [0.29, 0.717) is 19.5 Å². The van der Waals surface area contributed by atoms with Crippen LogP contribution in [0.5, 0.6) is 0 Å². The Labute approximate surface area is 117 Å². The molecule has 20 heavy (non-hydrogen) atoms. The predicted octanol–water partition coefficient (Wildman–Crippen LogP) is 2.13. The molecular formula is C14H19FN2O3. The Bertz CT molecular complexity index is 448. The van der Waals surface area contributed by atoms with Crippen LogP contribution in [0.4, 0.5) is 9.18 Å². The minimum atomic E-state index is -0.870. The van der Waals surface area contributed by atoms with Gasteiger partial charge in [-0.05, 0) is 23.6 Å². The summed E-state index contributed by atoms with van der Waals surface area (Å²) >= 11 is 0. The number of halogens is 1. The summed E-state index contributed by atoms with van der Waals surface area (Å²) in [6.45, 7) is 2.49. The van der Waals surface area contributed by atoms with Crippen molar-refractivity contribution in [1.82, 2.24) is 10.6 Å². The van der Waals surface area contributed by atoms with Crippen molar-refractivity contribution in [3.05, 3.63) is 35.6 Å². The third-order valence-electron chi connectivity index (χ3n) is 2.96. The van der Waals surface area contributed by atoms with E-state index in [1.54, 1.807) is 12.1 Å². The van der Waals surface area contributed by atoms with Crippen LogP contribution < -0.4 is 10.6 Å². The van der Waals surface area contributed by atoms with Crippen molar-refractivity contribution >= 4 is 12.0 Å². The van der Waals surface area contributed by atoms with Crippen LogP contribution in [0.2, 0.25) is 0 Å². The fraction of sp³-hybridized carbons (Fsp3) is 0.429. The van der Waals surface area contributed by atoms with Crippen LogP contribution in [-0.2, 0) is 11.3 Å². The van der Waals surface area contributed by atoms with Gasteiger partial charge in [0.1, 0.15) is 5.82 Å². The second-order valence-corrected chi connectivity index (χ2v) is 4.56. The number of urea groups is 1. The van der Waals surface area contributed by atoms with Gasteiger partial charge in [-0.1, -0.05) is 25.5 Å². The van der Waals surface area contributed by atoms with Gasteiger partial charge in [-0.15, -0.1) is 0 Å². The van der Waals surface area contributed by atoms with Crippen molar-refractivity contribution < 1.29 is 19.1 Å². The summed E-state index contributed by atoms with van der Waals surface area (Å²) in [5, 5.41) is 14.0. The number of carboxylic acid groups (broad SMARTS) is 1. The summed E-state index contributed by atoms with van der Waals surface area (Å²) < 4.78 is 12.7. The number of nitrogens with one attached hydrogen (secondary N) is 2. The Morgan fingerprint density at radius 1 is 1.25 bits per heavy atom. The molecule has 0 radical (unpaired) electrons. The molecule has 3 N–H and O–H groups in total. The molecule has 5 nitrogen and oxygen atoms in total. The number of carbonyl (C=O) groups excluding carboxylic acids is 1. The Morgan fingerprint density at radius 2 is 1.90 bits per heavy atom. The van der Waals surface area contributed by atoms with E-state index in [4.69, 9.17) is 5.11 Å². The smallest absolute Gasteiger partial charge is 0.315 e. The summed E-state index contributed by atoms with van der Waals surface area (Å²) in [5.41, 5.74) is 0.791. The summed E-state index contributed by atoms with van der Waals surface area (Å²) in [6.07, 6.45) is 0.722. The van der Waals surface area contributed by atoms with Crippen LogP contribution in [0, 0.1) is 11.7 Å². The van der Waals surface area contributed by atoms with Crippen LogP contribution >= 0.6 is 0 Å². The molecule has 0 bridgehead atoms. The van der Waals surface area contributed by atoms with E-state index < -0.39 is 5.97 Å². The van der Waals surface area contributed by atoms with Crippen molar-refractivity contribution in [3.8, 4) is 0 Å². The first-order chi connectivity index (χ1) is 9.51. The molecule has 0 heterocycles. The molecule has 1 aromatic carbocycles. The predicted molar refractivity (Wildman–Crippen MR) is 72.7 cm³/mol. The number of amides is 2. The third-order valence-corrected chi connectivity index (χ3v) is 2.96. The maximum atomic E-state index is 12.7. The van der Waals surface area contributed by atoms with Crippen LogP contribution in [0.3, 0.4) is 0 Å². The Balaban J connectivity index is 2.29. The van der Waals surface area contributed by atoms with Crippen molar-refractivity contribution in [1.29, 1.82) is 0 Å². The molecule has 0 spiro atoms. The second kappa shape index (κ2) is 8.14. The van der Waals surface area contributed by atoms with Gasteiger partial charge < -0.3 is 15.7 Å². The normalized spacial score (nSPS) is 11.7. The molecule has 2 amide bonds. The quantitative estimate of drug-likeness (QED) is 0.717. The number of benzene rings is 1. The molecular weight excluding hydrogens is 263 g/mol. The monoisotopic (exact) mass is 282 g/mol. The third kappa shape index (κ3) is 6.17. The lowest BCUT2D eigenvalue weighted by atomic mass is 10.0. The van der Waals surface area contributed by atoms with Gasteiger partial charge in [-0.25, -0.2) is 9.18 Å². The highest BCUT2D eigenvalue weighted by molar-refractivity contribution is 5.74. The number of hydrogen-bond acceptors (Lipinski definition) is 2. The zero-order valence-corrected chi connectivity index (χ0v) is 11.4. The molecule has 0 aliphatic carbocycles. The van der Waals surface area contributed by atoms with Gasteiger partial charge in [-0.3, -0.25) is 4.79 Å². The molecule has 1 unspecified atom stereocenters. The Morgan fingerprint density at radius 3 is 2.45 bits per heavy atom. The van der Waals surface area contributed by atoms with Crippen LogP contribution in [-0.4, -0.2) is 23.7 Å². The van der Waals surface area contributed by atoms with E-state index in [2.05, 4.69) is 10.6 Å². The topological polar surface area (TPSA) is 78.4 Å². The van der Waals surface area contributed by atoms with Crippen molar-refractivity contribution in [3.63, 3.8) is 0 Å². The molecule has 6 heteroatoms.